The van der Waals surface area contributed by atoms with Crippen LogP contribution in [0.5, 0.6) is 0 Å². The highest BCUT2D eigenvalue weighted by molar-refractivity contribution is 5.78. The van der Waals surface area contributed by atoms with Gasteiger partial charge in [0.1, 0.15) is 0 Å². The van der Waals surface area contributed by atoms with Crippen LogP contribution in [0.15, 0.2) is 29.2 Å². The Morgan fingerprint density at radius 3 is 2.92 bits per heavy atom. The average Bonchev–Trinajstić information content (AvgIpc) is 2.12. The maximum absolute atomic E-state index is 11.2. The van der Waals surface area contributed by atoms with E-state index in [-0.39, 0.29) is 5.69 Å². The molecule has 3 nitrogen and oxygen atoms in total. The molecule has 2 rings (SSSR count). The first-order valence-corrected chi connectivity index (χ1v) is 4.11. The zero-order valence-electron chi connectivity index (χ0n) is 7.61. The smallest absolute Gasteiger partial charge is 0.295 e. The van der Waals surface area contributed by atoms with E-state index < -0.39 is 0 Å². The minimum absolute atomic E-state index is 0.210. The molecule has 66 valence electrons. The van der Waals surface area contributed by atoms with E-state index in [0.717, 1.165) is 16.5 Å². The van der Waals surface area contributed by atoms with Gasteiger partial charge in [-0.05, 0) is 18.6 Å². The maximum Gasteiger partial charge on any atom is 0.347 e. The Bertz CT molecular complexity index is 514. The molecular weight excluding hydrogens is 164 g/mol. The fourth-order valence-electron chi connectivity index (χ4n) is 1.37. The molecule has 0 bridgehead atoms. The van der Waals surface area contributed by atoms with Crippen LogP contribution >= 0.6 is 0 Å². The summed E-state index contributed by atoms with van der Waals surface area (Å²) in [5, 5.41) is 0.993. The van der Waals surface area contributed by atoms with Crippen molar-refractivity contribution in [1.29, 1.82) is 0 Å². The lowest BCUT2D eigenvalue weighted by atomic mass is 10.2. The molecule has 0 fully saturated rings. The molecule has 0 unspecified atom stereocenters. The Morgan fingerprint density at radius 2 is 2.15 bits per heavy atom. The SMILES string of the molecule is Cc1ccc2cnc(=O)n(C)c2c1. The van der Waals surface area contributed by atoms with Gasteiger partial charge in [0, 0.05) is 18.6 Å². The van der Waals surface area contributed by atoms with E-state index in [1.54, 1.807) is 17.8 Å². The van der Waals surface area contributed by atoms with Crippen LogP contribution in [0.25, 0.3) is 10.9 Å². The fraction of sp³-hybridized carbons (Fsp3) is 0.200. The van der Waals surface area contributed by atoms with Crippen molar-refractivity contribution in [2.45, 2.75) is 6.92 Å². The van der Waals surface area contributed by atoms with Crippen molar-refractivity contribution in [2.75, 3.05) is 0 Å². The van der Waals surface area contributed by atoms with Gasteiger partial charge in [-0.2, -0.15) is 0 Å². The lowest BCUT2D eigenvalue weighted by molar-refractivity contribution is 0.852. The minimum atomic E-state index is -0.210. The predicted molar refractivity (Wildman–Crippen MR) is 51.7 cm³/mol. The zero-order chi connectivity index (χ0) is 9.42. The Balaban J connectivity index is 2.97. The van der Waals surface area contributed by atoms with Crippen LogP contribution in [-0.4, -0.2) is 9.55 Å². The molecule has 0 amide bonds. The maximum atomic E-state index is 11.2. The van der Waals surface area contributed by atoms with E-state index in [1.165, 1.54) is 0 Å². The molecule has 1 aromatic heterocycles. The number of benzene rings is 1. The van der Waals surface area contributed by atoms with Gasteiger partial charge < -0.3 is 0 Å². The van der Waals surface area contributed by atoms with Crippen LogP contribution in [0.2, 0.25) is 0 Å². The van der Waals surface area contributed by atoms with E-state index in [0.29, 0.717) is 0 Å². The van der Waals surface area contributed by atoms with Gasteiger partial charge in [0.2, 0.25) is 0 Å². The second-order valence-electron chi connectivity index (χ2n) is 3.16. The fourth-order valence-corrected chi connectivity index (χ4v) is 1.37. The molecule has 1 heterocycles. The molecule has 0 saturated carbocycles. The molecular formula is C10H10N2O. The van der Waals surface area contributed by atoms with Crippen LogP contribution in [0.3, 0.4) is 0 Å². The molecule has 2 aromatic rings. The Kier molecular flexibility index (Phi) is 1.65. The number of fused-ring (bicyclic) bond motifs is 1. The molecule has 13 heavy (non-hydrogen) atoms. The summed E-state index contributed by atoms with van der Waals surface area (Å²) in [5.74, 6) is 0. The van der Waals surface area contributed by atoms with E-state index >= 15 is 0 Å². The van der Waals surface area contributed by atoms with E-state index in [9.17, 15) is 4.79 Å². The van der Waals surface area contributed by atoms with Crippen LogP contribution < -0.4 is 5.69 Å². The zero-order valence-corrected chi connectivity index (χ0v) is 7.61. The summed E-state index contributed by atoms with van der Waals surface area (Å²) in [6, 6.07) is 5.96. The van der Waals surface area contributed by atoms with Crippen molar-refractivity contribution >= 4 is 10.9 Å². The molecule has 0 saturated heterocycles. The summed E-state index contributed by atoms with van der Waals surface area (Å²) in [6.07, 6.45) is 1.61. The second-order valence-corrected chi connectivity index (χ2v) is 3.16. The molecule has 0 atom stereocenters. The van der Waals surface area contributed by atoms with Gasteiger partial charge in [0.05, 0.1) is 5.52 Å². The van der Waals surface area contributed by atoms with Crippen molar-refractivity contribution in [1.82, 2.24) is 9.55 Å². The number of hydrogen-bond donors (Lipinski definition) is 0. The second kappa shape index (κ2) is 2.69. The number of hydrogen-bond acceptors (Lipinski definition) is 2. The van der Waals surface area contributed by atoms with Crippen LogP contribution in [-0.2, 0) is 7.05 Å². The van der Waals surface area contributed by atoms with Crippen LogP contribution in [0, 0.1) is 6.92 Å². The normalized spacial score (nSPS) is 10.6. The Labute approximate surface area is 75.7 Å². The summed E-state index contributed by atoms with van der Waals surface area (Å²) >= 11 is 0. The van der Waals surface area contributed by atoms with Gasteiger partial charge in [-0.3, -0.25) is 4.57 Å². The lowest BCUT2D eigenvalue weighted by Crippen LogP contribution is -2.19. The first-order valence-electron chi connectivity index (χ1n) is 4.11. The summed E-state index contributed by atoms with van der Waals surface area (Å²) < 4.78 is 1.56. The number of rotatable bonds is 0. The minimum Gasteiger partial charge on any atom is -0.295 e. The molecule has 1 aromatic carbocycles. The van der Waals surface area contributed by atoms with Gasteiger partial charge in [-0.15, -0.1) is 0 Å². The highest BCUT2D eigenvalue weighted by atomic mass is 16.1. The third-order valence-electron chi connectivity index (χ3n) is 2.15. The quantitative estimate of drug-likeness (QED) is 0.602. The topological polar surface area (TPSA) is 34.9 Å². The van der Waals surface area contributed by atoms with Gasteiger partial charge in [0.25, 0.3) is 0 Å². The van der Waals surface area contributed by atoms with Crippen molar-refractivity contribution in [2.24, 2.45) is 7.05 Å². The molecule has 0 aliphatic heterocycles. The highest BCUT2D eigenvalue weighted by Gasteiger charge is 1.98. The van der Waals surface area contributed by atoms with Crippen LogP contribution in [0.4, 0.5) is 0 Å². The Hall–Kier alpha value is -1.64. The summed E-state index contributed by atoms with van der Waals surface area (Å²) in [4.78, 5) is 14.9. The molecule has 0 aliphatic rings. The number of nitrogens with zero attached hydrogens (tertiary/aromatic N) is 2. The Morgan fingerprint density at radius 1 is 1.38 bits per heavy atom. The van der Waals surface area contributed by atoms with E-state index in [2.05, 4.69) is 4.98 Å². The van der Waals surface area contributed by atoms with Crippen molar-refractivity contribution < 1.29 is 0 Å². The lowest BCUT2D eigenvalue weighted by Gasteiger charge is -2.03. The standard InChI is InChI=1S/C10H10N2O/c1-7-3-4-8-6-11-10(13)12(2)9(8)5-7/h3-6H,1-2H3. The molecule has 3 heteroatoms. The summed E-state index contributed by atoms with van der Waals surface area (Å²) in [5.41, 5.74) is 1.87. The molecule has 0 aliphatic carbocycles. The third-order valence-corrected chi connectivity index (χ3v) is 2.15. The van der Waals surface area contributed by atoms with Crippen molar-refractivity contribution in [3.05, 3.63) is 40.4 Å². The first kappa shape index (κ1) is 7.98. The van der Waals surface area contributed by atoms with E-state index in [1.807, 2.05) is 25.1 Å². The van der Waals surface area contributed by atoms with Gasteiger partial charge in [-0.25, -0.2) is 9.78 Å². The van der Waals surface area contributed by atoms with Crippen LogP contribution in [0.1, 0.15) is 5.56 Å². The van der Waals surface area contributed by atoms with E-state index in [4.69, 9.17) is 0 Å². The summed E-state index contributed by atoms with van der Waals surface area (Å²) in [7, 11) is 1.73. The van der Waals surface area contributed by atoms with Gasteiger partial charge in [0.15, 0.2) is 0 Å². The predicted octanol–water partition coefficient (Wildman–Crippen LogP) is 1.24. The monoisotopic (exact) mass is 174 g/mol. The third kappa shape index (κ3) is 1.22. The summed E-state index contributed by atoms with van der Waals surface area (Å²) in [6.45, 7) is 2.00. The molecule has 0 N–H and O–H groups in total. The molecule has 0 radical (unpaired) electrons. The number of aryl methyl sites for hydroxylation is 2. The average molecular weight is 174 g/mol. The van der Waals surface area contributed by atoms with Crippen molar-refractivity contribution in [3.63, 3.8) is 0 Å². The number of aromatic nitrogens is 2. The van der Waals surface area contributed by atoms with Gasteiger partial charge >= 0.3 is 5.69 Å². The first-order chi connectivity index (χ1) is 6.18. The molecule has 0 spiro atoms. The van der Waals surface area contributed by atoms with Crippen molar-refractivity contribution in [3.8, 4) is 0 Å². The largest absolute Gasteiger partial charge is 0.347 e. The van der Waals surface area contributed by atoms with Gasteiger partial charge in [-0.1, -0.05) is 12.1 Å². The highest BCUT2D eigenvalue weighted by Crippen LogP contribution is 2.11.